The number of rotatable bonds is 5. The molecule has 7 nitrogen and oxygen atoms in total. The van der Waals surface area contributed by atoms with Gasteiger partial charge in [-0.15, -0.1) is 0 Å². The lowest BCUT2D eigenvalue weighted by molar-refractivity contribution is -0.154. The molecule has 0 radical (unpaired) electrons. The molecule has 4 atom stereocenters. The number of amides is 2. The molecule has 2 aliphatic heterocycles. The molecule has 2 N–H and O–H groups in total. The zero-order chi connectivity index (χ0) is 19.1. The summed E-state index contributed by atoms with van der Waals surface area (Å²) >= 11 is 0. The lowest BCUT2D eigenvalue weighted by atomic mass is 9.77. The molecule has 7 heteroatoms. The van der Waals surface area contributed by atoms with Gasteiger partial charge in [-0.25, -0.2) is 0 Å². The Morgan fingerprint density at radius 1 is 1.23 bits per heavy atom. The Hall–Kier alpha value is -2.41. The van der Waals surface area contributed by atoms with Crippen LogP contribution in [0.15, 0.2) is 24.3 Å². The van der Waals surface area contributed by atoms with Gasteiger partial charge < -0.3 is 9.84 Å². The van der Waals surface area contributed by atoms with E-state index in [0.29, 0.717) is 12.8 Å². The maximum atomic E-state index is 13.0. The van der Waals surface area contributed by atoms with Crippen molar-refractivity contribution in [2.24, 2.45) is 11.8 Å². The molecule has 26 heavy (non-hydrogen) atoms. The molecule has 1 aromatic carbocycles. The molecule has 0 bridgehead atoms. The Morgan fingerprint density at radius 3 is 2.42 bits per heavy atom. The van der Waals surface area contributed by atoms with Crippen molar-refractivity contribution in [3.05, 3.63) is 29.8 Å². The van der Waals surface area contributed by atoms with E-state index in [1.165, 1.54) is 24.1 Å². The van der Waals surface area contributed by atoms with Gasteiger partial charge in [0.05, 0.1) is 18.9 Å². The number of imide groups is 1. The average molecular weight is 360 g/mol. The van der Waals surface area contributed by atoms with E-state index in [-0.39, 0.29) is 24.1 Å². The number of nitrogens with zero attached hydrogens (tertiary/aromatic N) is 1. The lowest BCUT2D eigenvalue weighted by Crippen LogP contribution is -2.56. The molecule has 1 aromatic rings. The van der Waals surface area contributed by atoms with E-state index in [4.69, 9.17) is 4.74 Å². The Kier molecular flexibility index (Phi) is 4.75. The first kappa shape index (κ1) is 18.4. The largest absolute Gasteiger partial charge is 0.508 e. The van der Waals surface area contributed by atoms with Crippen LogP contribution in [0.25, 0.3) is 0 Å². The molecular weight excluding hydrogens is 336 g/mol. The van der Waals surface area contributed by atoms with Crippen LogP contribution in [0.4, 0.5) is 0 Å². The molecule has 140 valence electrons. The van der Waals surface area contributed by atoms with E-state index in [1.807, 2.05) is 6.92 Å². The van der Waals surface area contributed by atoms with Crippen LogP contribution in [0.3, 0.4) is 0 Å². The summed E-state index contributed by atoms with van der Waals surface area (Å²) in [6.45, 7) is 3.95. The van der Waals surface area contributed by atoms with Crippen LogP contribution < -0.4 is 5.32 Å². The maximum absolute atomic E-state index is 13.0. The van der Waals surface area contributed by atoms with Crippen molar-refractivity contribution >= 4 is 17.8 Å². The van der Waals surface area contributed by atoms with E-state index >= 15 is 0 Å². The van der Waals surface area contributed by atoms with Crippen LogP contribution in [0.2, 0.25) is 0 Å². The number of hydrogen-bond acceptors (Lipinski definition) is 6. The standard InChI is InChI=1S/C19H24N2O5/c1-4-10-19(18(25)26-3)14-13(16(23)21(5-2)17(14)24)15(20-19)11-6-8-12(22)9-7-11/h6-9,13-15,20,22H,4-5,10H2,1-3H3/t13-,14-,15-,19-/m0/s1. The highest BCUT2D eigenvalue weighted by Crippen LogP contribution is 2.50. The molecule has 2 heterocycles. The molecule has 0 spiro atoms. The Labute approximate surface area is 152 Å². The molecule has 2 saturated heterocycles. The minimum atomic E-state index is -1.23. The van der Waals surface area contributed by atoms with Crippen LogP contribution in [-0.4, -0.2) is 47.0 Å². The van der Waals surface area contributed by atoms with E-state index in [0.717, 1.165) is 5.56 Å². The fraction of sp³-hybridized carbons (Fsp3) is 0.526. The van der Waals surface area contributed by atoms with Gasteiger partial charge in [0.2, 0.25) is 11.8 Å². The second-order valence-corrected chi connectivity index (χ2v) is 6.85. The van der Waals surface area contributed by atoms with Crippen LogP contribution in [-0.2, 0) is 19.1 Å². The smallest absolute Gasteiger partial charge is 0.326 e. The third kappa shape index (κ3) is 2.49. The number of ether oxygens (including phenoxy) is 1. The number of methoxy groups -OCH3 is 1. The SMILES string of the molecule is CCC[C@]1(C(=O)OC)N[C@@H](c2ccc(O)cc2)[C@H]2C(=O)N(CC)C(=O)[C@H]21. The third-order valence-corrected chi connectivity index (χ3v) is 5.51. The van der Waals surface area contributed by atoms with Crippen molar-refractivity contribution in [2.75, 3.05) is 13.7 Å². The molecule has 0 unspecified atom stereocenters. The molecule has 0 aromatic heterocycles. The van der Waals surface area contributed by atoms with Crippen LogP contribution in [0, 0.1) is 11.8 Å². The number of esters is 1. The summed E-state index contributed by atoms with van der Waals surface area (Å²) in [6.07, 6.45) is 1.05. The van der Waals surface area contributed by atoms with Crippen molar-refractivity contribution in [1.29, 1.82) is 0 Å². The molecule has 2 amide bonds. The maximum Gasteiger partial charge on any atom is 0.326 e. The Balaban J connectivity index is 2.13. The highest BCUT2D eigenvalue weighted by molar-refractivity contribution is 6.09. The number of phenols is 1. The molecule has 2 aliphatic rings. The van der Waals surface area contributed by atoms with Gasteiger partial charge in [0.25, 0.3) is 0 Å². The van der Waals surface area contributed by atoms with E-state index < -0.39 is 29.4 Å². The first-order valence-electron chi connectivity index (χ1n) is 8.91. The highest BCUT2D eigenvalue weighted by atomic mass is 16.5. The summed E-state index contributed by atoms with van der Waals surface area (Å²) in [7, 11) is 1.29. The van der Waals surface area contributed by atoms with Crippen LogP contribution in [0.1, 0.15) is 38.3 Å². The van der Waals surface area contributed by atoms with Gasteiger partial charge in [0.15, 0.2) is 0 Å². The number of fused-ring (bicyclic) bond motifs is 1. The van der Waals surface area contributed by atoms with Gasteiger partial charge in [-0.05, 0) is 31.0 Å². The van der Waals surface area contributed by atoms with E-state index in [1.54, 1.807) is 19.1 Å². The minimum absolute atomic E-state index is 0.111. The second-order valence-electron chi connectivity index (χ2n) is 6.85. The van der Waals surface area contributed by atoms with Gasteiger partial charge >= 0.3 is 5.97 Å². The number of nitrogens with one attached hydrogen (secondary N) is 1. The number of carbonyl (C=O) groups is 3. The normalized spacial score (nSPS) is 30.6. The number of phenolic OH excluding ortho intramolecular Hbond substituents is 1. The first-order chi connectivity index (χ1) is 12.4. The van der Waals surface area contributed by atoms with Gasteiger partial charge in [-0.2, -0.15) is 0 Å². The van der Waals surface area contributed by atoms with Gasteiger partial charge in [-0.3, -0.25) is 24.6 Å². The average Bonchev–Trinajstić information content (AvgIpc) is 3.10. The fourth-order valence-electron chi connectivity index (χ4n) is 4.44. The fourth-order valence-corrected chi connectivity index (χ4v) is 4.44. The summed E-state index contributed by atoms with van der Waals surface area (Å²) in [6, 6.07) is 5.97. The van der Waals surface area contributed by atoms with Crippen LogP contribution >= 0.6 is 0 Å². The van der Waals surface area contributed by atoms with Gasteiger partial charge in [0, 0.05) is 12.6 Å². The number of carbonyl (C=O) groups excluding carboxylic acids is 3. The van der Waals surface area contributed by atoms with E-state index in [9.17, 15) is 19.5 Å². The van der Waals surface area contributed by atoms with Crippen molar-refractivity contribution in [2.45, 2.75) is 38.3 Å². The monoisotopic (exact) mass is 360 g/mol. The first-order valence-corrected chi connectivity index (χ1v) is 8.91. The topological polar surface area (TPSA) is 95.9 Å². The zero-order valence-corrected chi connectivity index (χ0v) is 15.2. The van der Waals surface area contributed by atoms with Crippen molar-refractivity contribution < 1.29 is 24.2 Å². The number of aromatic hydroxyl groups is 1. The quantitative estimate of drug-likeness (QED) is 0.608. The van der Waals surface area contributed by atoms with Crippen molar-refractivity contribution in [1.82, 2.24) is 10.2 Å². The predicted octanol–water partition coefficient (Wildman–Crippen LogP) is 1.37. The predicted molar refractivity (Wildman–Crippen MR) is 93.0 cm³/mol. The molecule has 0 saturated carbocycles. The minimum Gasteiger partial charge on any atom is -0.508 e. The highest BCUT2D eigenvalue weighted by Gasteiger charge is 2.68. The lowest BCUT2D eigenvalue weighted by Gasteiger charge is -2.32. The summed E-state index contributed by atoms with van der Waals surface area (Å²) < 4.78 is 5.03. The second kappa shape index (κ2) is 6.72. The van der Waals surface area contributed by atoms with Gasteiger partial charge in [-0.1, -0.05) is 25.5 Å². The third-order valence-electron chi connectivity index (χ3n) is 5.51. The Morgan fingerprint density at radius 2 is 1.88 bits per heavy atom. The number of likely N-dealkylation sites (tertiary alicyclic amines) is 1. The molecule has 0 aliphatic carbocycles. The number of benzene rings is 1. The summed E-state index contributed by atoms with van der Waals surface area (Å²) in [5, 5.41) is 12.8. The molecular formula is C19H24N2O5. The van der Waals surface area contributed by atoms with Crippen molar-refractivity contribution in [3.63, 3.8) is 0 Å². The molecule has 3 rings (SSSR count). The van der Waals surface area contributed by atoms with Crippen LogP contribution in [0.5, 0.6) is 5.75 Å². The van der Waals surface area contributed by atoms with E-state index in [2.05, 4.69) is 5.32 Å². The Bertz CT molecular complexity index is 732. The number of hydrogen-bond donors (Lipinski definition) is 2. The zero-order valence-electron chi connectivity index (χ0n) is 15.2. The summed E-state index contributed by atoms with van der Waals surface area (Å²) in [5.74, 6) is -2.46. The summed E-state index contributed by atoms with van der Waals surface area (Å²) in [4.78, 5) is 39.9. The summed E-state index contributed by atoms with van der Waals surface area (Å²) in [5.41, 5.74) is -0.480. The van der Waals surface area contributed by atoms with Gasteiger partial charge in [0.1, 0.15) is 11.3 Å². The molecule has 2 fully saturated rings. The van der Waals surface area contributed by atoms with Crippen molar-refractivity contribution in [3.8, 4) is 5.75 Å².